The Morgan fingerprint density at radius 1 is 1.38 bits per heavy atom. The second kappa shape index (κ2) is 6.26. The Balaban J connectivity index is 2.23. The van der Waals surface area contributed by atoms with E-state index >= 15 is 0 Å². The minimum atomic E-state index is -0.485. The van der Waals surface area contributed by atoms with Crippen LogP contribution in [0.1, 0.15) is 40.2 Å². The molecule has 1 heterocycles. The van der Waals surface area contributed by atoms with Crippen LogP contribution in [-0.2, 0) is 4.79 Å². The number of amides is 1. The summed E-state index contributed by atoms with van der Waals surface area (Å²) in [6.07, 6.45) is 2.72. The van der Waals surface area contributed by atoms with Crippen molar-refractivity contribution in [1.82, 2.24) is 9.78 Å². The smallest absolute Gasteiger partial charge is 0.241 e. The first-order valence-corrected chi connectivity index (χ1v) is 7.47. The molecular formula is C16H24N4O. The van der Waals surface area contributed by atoms with Crippen molar-refractivity contribution in [3.8, 4) is 0 Å². The predicted octanol–water partition coefficient (Wildman–Crippen LogP) is 2.93. The number of rotatable bonds is 5. The molecule has 0 radical (unpaired) electrons. The number of aromatic nitrogens is 2. The number of carbonyl (C=O) groups excluding carboxylic acids is 1. The third-order valence-electron chi connectivity index (χ3n) is 3.91. The van der Waals surface area contributed by atoms with Crippen LogP contribution >= 0.6 is 0 Å². The van der Waals surface area contributed by atoms with Gasteiger partial charge >= 0.3 is 0 Å². The van der Waals surface area contributed by atoms with Gasteiger partial charge < -0.3 is 11.1 Å². The van der Waals surface area contributed by atoms with Crippen molar-refractivity contribution in [2.75, 3.05) is 5.32 Å². The van der Waals surface area contributed by atoms with E-state index in [9.17, 15) is 4.79 Å². The van der Waals surface area contributed by atoms with Crippen LogP contribution in [0.25, 0.3) is 10.9 Å². The van der Waals surface area contributed by atoms with Gasteiger partial charge in [0.2, 0.25) is 5.91 Å². The maximum Gasteiger partial charge on any atom is 0.241 e. The first kappa shape index (κ1) is 15.5. The fraction of sp³-hybridized carbons (Fsp3) is 0.500. The SMILES string of the molecule is CCC(C)C(N)C(=O)Nc1ccc2cnn(C(C)C)c2c1. The summed E-state index contributed by atoms with van der Waals surface area (Å²) >= 11 is 0. The molecule has 114 valence electrons. The molecule has 0 aliphatic carbocycles. The van der Waals surface area contributed by atoms with Crippen molar-refractivity contribution >= 4 is 22.5 Å². The van der Waals surface area contributed by atoms with Gasteiger partial charge in [-0.3, -0.25) is 9.48 Å². The fourth-order valence-electron chi connectivity index (χ4n) is 2.27. The van der Waals surface area contributed by atoms with E-state index in [4.69, 9.17) is 5.73 Å². The average Bonchev–Trinajstić information content (AvgIpc) is 2.88. The van der Waals surface area contributed by atoms with Gasteiger partial charge in [0, 0.05) is 17.1 Å². The maximum absolute atomic E-state index is 12.1. The van der Waals surface area contributed by atoms with Crippen LogP contribution in [0.3, 0.4) is 0 Å². The van der Waals surface area contributed by atoms with E-state index in [0.29, 0.717) is 0 Å². The van der Waals surface area contributed by atoms with Gasteiger partial charge in [0.1, 0.15) is 0 Å². The molecular weight excluding hydrogens is 264 g/mol. The van der Waals surface area contributed by atoms with Gasteiger partial charge in [-0.2, -0.15) is 5.10 Å². The minimum absolute atomic E-state index is 0.140. The minimum Gasteiger partial charge on any atom is -0.325 e. The van der Waals surface area contributed by atoms with Crippen LogP contribution in [0.5, 0.6) is 0 Å². The Hall–Kier alpha value is -1.88. The van der Waals surface area contributed by atoms with Gasteiger partial charge in [0.05, 0.1) is 17.8 Å². The second-order valence-corrected chi connectivity index (χ2v) is 5.86. The number of nitrogens with one attached hydrogen (secondary N) is 1. The number of benzene rings is 1. The van der Waals surface area contributed by atoms with Crippen molar-refractivity contribution in [3.63, 3.8) is 0 Å². The number of nitrogens with two attached hydrogens (primary N) is 1. The first-order chi connectivity index (χ1) is 9.93. The summed E-state index contributed by atoms with van der Waals surface area (Å²) in [4.78, 5) is 12.1. The molecule has 2 rings (SSSR count). The Kier molecular flexibility index (Phi) is 4.63. The molecule has 5 heteroatoms. The molecule has 21 heavy (non-hydrogen) atoms. The largest absolute Gasteiger partial charge is 0.325 e. The molecule has 1 amide bonds. The zero-order valence-corrected chi connectivity index (χ0v) is 13.1. The number of nitrogens with zero attached hydrogens (tertiary/aromatic N) is 2. The van der Waals surface area contributed by atoms with Crippen molar-refractivity contribution in [3.05, 3.63) is 24.4 Å². The third kappa shape index (κ3) is 3.24. The molecule has 0 saturated carbocycles. The zero-order chi connectivity index (χ0) is 15.6. The summed E-state index contributed by atoms with van der Waals surface area (Å²) in [7, 11) is 0. The summed E-state index contributed by atoms with van der Waals surface area (Å²) in [6, 6.07) is 5.59. The number of anilines is 1. The summed E-state index contributed by atoms with van der Waals surface area (Å²) in [5.41, 5.74) is 7.73. The molecule has 0 spiro atoms. The molecule has 0 aliphatic rings. The van der Waals surface area contributed by atoms with Crippen LogP contribution in [0.15, 0.2) is 24.4 Å². The Morgan fingerprint density at radius 3 is 2.71 bits per heavy atom. The molecule has 2 atom stereocenters. The van der Waals surface area contributed by atoms with E-state index in [1.807, 2.05) is 42.9 Å². The lowest BCUT2D eigenvalue weighted by Gasteiger charge is -2.18. The van der Waals surface area contributed by atoms with Crippen LogP contribution in [0.4, 0.5) is 5.69 Å². The summed E-state index contributed by atoms with van der Waals surface area (Å²) in [5, 5.41) is 8.33. The van der Waals surface area contributed by atoms with E-state index in [1.165, 1.54) is 0 Å². The fourth-order valence-corrected chi connectivity index (χ4v) is 2.27. The first-order valence-electron chi connectivity index (χ1n) is 7.47. The van der Waals surface area contributed by atoms with Crippen LogP contribution < -0.4 is 11.1 Å². The third-order valence-corrected chi connectivity index (χ3v) is 3.91. The number of fused-ring (bicyclic) bond motifs is 1. The highest BCUT2D eigenvalue weighted by molar-refractivity contribution is 5.96. The Morgan fingerprint density at radius 2 is 2.10 bits per heavy atom. The monoisotopic (exact) mass is 288 g/mol. The average molecular weight is 288 g/mol. The summed E-state index contributed by atoms with van der Waals surface area (Å²) in [6.45, 7) is 8.18. The molecule has 0 saturated heterocycles. The van der Waals surface area contributed by atoms with Crippen LogP contribution in [0, 0.1) is 5.92 Å². The van der Waals surface area contributed by atoms with Gasteiger partial charge in [-0.05, 0) is 38.0 Å². The van der Waals surface area contributed by atoms with E-state index < -0.39 is 6.04 Å². The van der Waals surface area contributed by atoms with Crippen molar-refractivity contribution in [2.45, 2.75) is 46.2 Å². The molecule has 0 aliphatic heterocycles. The molecule has 2 aromatic rings. The van der Waals surface area contributed by atoms with E-state index in [2.05, 4.69) is 24.3 Å². The number of hydrogen-bond acceptors (Lipinski definition) is 3. The topological polar surface area (TPSA) is 72.9 Å². The van der Waals surface area contributed by atoms with E-state index in [1.54, 1.807) is 0 Å². The summed E-state index contributed by atoms with van der Waals surface area (Å²) in [5.74, 6) is 0.0224. The maximum atomic E-state index is 12.1. The lowest BCUT2D eigenvalue weighted by atomic mass is 9.99. The molecule has 1 aromatic carbocycles. The number of hydrogen-bond donors (Lipinski definition) is 2. The van der Waals surface area contributed by atoms with Gasteiger partial charge in [0.25, 0.3) is 0 Å². The van der Waals surface area contributed by atoms with Gasteiger partial charge in [0.15, 0.2) is 0 Å². The van der Waals surface area contributed by atoms with Gasteiger partial charge in [-0.25, -0.2) is 0 Å². The van der Waals surface area contributed by atoms with Crippen LogP contribution in [-0.4, -0.2) is 21.7 Å². The molecule has 2 unspecified atom stereocenters. The molecule has 0 fully saturated rings. The van der Waals surface area contributed by atoms with Crippen molar-refractivity contribution in [1.29, 1.82) is 0 Å². The van der Waals surface area contributed by atoms with Gasteiger partial charge in [-0.15, -0.1) is 0 Å². The van der Waals surface area contributed by atoms with E-state index in [0.717, 1.165) is 23.0 Å². The highest BCUT2D eigenvalue weighted by atomic mass is 16.2. The van der Waals surface area contributed by atoms with Crippen LogP contribution in [0.2, 0.25) is 0 Å². The van der Waals surface area contributed by atoms with Crippen molar-refractivity contribution < 1.29 is 4.79 Å². The van der Waals surface area contributed by atoms with Gasteiger partial charge in [-0.1, -0.05) is 20.3 Å². The number of carbonyl (C=O) groups is 1. The molecule has 3 N–H and O–H groups in total. The van der Waals surface area contributed by atoms with Crippen molar-refractivity contribution in [2.24, 2.45) is 11.7 Å². The molecule has 1 aromatic heterocycles. The predicted molar refractivity (Wildman–Crippen MR) is 86.2 cm³/mol. The standard InChI is InChI=1S/C16H24N4O/c1-5-11(4)15(17)16(21)19-13-7-6-12-9-18-20(10(2)3)14(12)8-13/h6-11,15H,5,17H2,1-4H3,(H,19,21). The lowest BCUT2D eigenvalue weighted by Crippen LogP contribution is -2.40. The normalized spacial score (nSPS) is 14.4. The quantitative estimate of drug-likeness (QED) is 0.888. The molecule has 5 nitrogen and oxygen atoms in total. The molecule has 0 bridgehead atoms. The zero-order valence-electron chi connectivity index (χ0n) is 13.1. The second-order valence-electron chi connectivity index (χ2n) is 5.86. The lowest BCUT2D eigenvalue weighted by molar-refractivity contribution is -0.118. The Bertz CT molecular complexity index is 632. The Labute approximate surface area is 125 Å². The van der Waals surface area contributed by atoms with E-state index in [-0.39, 0.29) is 17.9 Å². The summed E-state index contributed by atoms with van der Waals surface area (Å²) < 4.78 is 1.94. The highest BCUT2D eigenvalue weighted by Crippen LogP contribution is 2.22. The highest BCUT2D eigenvalue weighted by Gasteiger charge is 2.19.